The highest BCUT2D eigenvalue weighted by atomic mass is 19.1. The molecule has 0 amide bonds. The van der Waals surface area contributed by atoms with Crippen molar-refractivity contribution in [1.29, 1.82) is 0 Å². The molecule has 1 aliphatic heterocycles. The summed E-state index contributed by atoms with van der Waals surface area (Å²) in [6.07, 6.45) is 1.56. The Morgan fingerprint density at radius 3 is 2.64 bits per heavy atom. The van der Waals surface area contributed by atoms with E-state index in [2.05, 4.69) is 15.5 Å². The monoisotopic (exact) mass is 335 g/mol. The van der Waals surface area contributed by atoms with Crippen molar-refractivity contribution in [1.82, 2.24) is 5.43 Å². The van der Waals surface area contributed by atoms with Gasteiger partial charge in [-0.25, -0.2) is 9.38 Å². The summed E-state index contributed by atoms with van der Waals surface area (Å²) in [6, 6.07) is 15.4. The molecule has 3 aromatic rings. The van der Waals surface area contributed by atoms with Crippen LogP contribution < -0.4 is 10.2 Å². The van der Waals surface area contributed by atoms with E-state index in [-0.39, 0.29) is 5.82 Å². The van der Waals surface area contributed by atoms with E-state index in [1.807, 2.05) is 24.3 Å². The van der Waals surface area contributed by atoms with Crippen molar-refractivity contribution in [3.63, 3.8) is 0 Å². The van der Waals surface area contributed by atoms with Gasteiger partial charge in [-0.2, -0.15) is 5.10 Å². The van der Waals surface area contributed by atoms with Crippen LogP contribution in [0.1, 0.15) is 16.9 Å². The first kappa shape index (κ1) is 15.1. The number of furan rings is 1. The first-order chi connectivity index (χ1) is 12.2. The second kappa shape index (κ2) is 6.24. The summed E-state index contributed by atoms with van der Waals surface area (Å²) in [7, 11) is 1.61. The zero-order valence-corrected chi connectivity index (χ0v) is 13.4. The Morgan fingerprint density at radius 2 is 1.92 bits per heavy atom. The molecule has 0 saturated heterocycles. The van der Waals surface area contributed by atoms with E-state index in [0.717, 1.165) is 11.3 Å². The lowest BCUT2D eigenvalue weighted by molar-refractivity contribution is 0.415. The number of aliphatic imine (C=N–C) groups is 1. The maximum Gasteiger partial charge on any atom is 0.190 e. The van der Waals surface area contributed by atoms with Crippen LogP contribution in [0.15, 0.2) is 75.4 Å². The van der Waals surface area contributed by atoms with Crippen LogP contribution in [0.25, 0.3) is 0 Å². The number of fused-ring (bicyclic) bond motifs is 1. The zero-order chi connectivity index (χ0) is 17.2. The Morgan fingerprint density at radius 1 is 1.08 bits per heavy atom. The molecule has 0 spiro atoms. The number of methoxy groups -OCH3 is 1. The van der Waals surface area contributed by atoms with Crippen LogP contribution in [-0.2, 0) is 0 Å². The Balaban J connectivity index is 1.85. The molecule has 1 aliphatic rings. The van der Waals surface area contributed by atoms with E-state index in [1.54, 1.807) is 31.6 Å². The van der Waals surface area contributed by atoms with Gasteiger partial charge in [0, 0.05) is 11.1 Å². The SMILES string of the molecule is COc1ccc(C2=NNC(c3ccco3)=Nc3ccc(F)cc32)cc1. The first-order valence-electron chi connectivity index (χ1n) is 7.65. The van der Waals surface area contributed by atoms with Crippen LogP contribution in [0.2, 0.25) is 0 Å². The fourth-order valence-electron chi connectivity index (χ4n) is 2.60. The van der Waals surface area contributed by atoms with Gasteiger partial charge >= 0.3 is 0 Å². The normalized spacial score (nSPS) is 13.2. The second-order valence-corrected chi connectivity index (χ2v) is 5.40. The van der Waals surface area contributed by atoms with Gasteiger partial charge in [-0.3, -0.25) is 5.43 Å². The first-order valence-corrected chi connectivity index (χ1v) is 7.65. The molecule has 1 N–H and O–H groups in total. The Bertz CT molecular complexity index is 961. The van der Waals surface area contributed by atoms with Crippen LogP contribution in [0.4, 0.5) is 10.1 Å². The van der Waals surface area contributed by atoms with Gasteiger partial charge in [0.05, 0.1) is 19.1 Å². The molecule has 0 aliphatic carbocycles. The number of nitrogens with one attached hydrogen (secondary N) is 1. The third-order valence-electron chi connectivity index (χ3n) is 3.84. The third-order valence-corrected chi connectivity index (χ3v) is 3.84. The van der Waals surface area contributed by atoms with Crippen LogP contribution in [0.3, 0.4) is 0 Å². The smallest absolute Gasteiger partial charge is 0.190 e. The second-order valence-electron chi connectivity index (χ2n) is 5.40. The average Bonchev–Trinajstić information content (AvgIpc) is 3.11. The molecular weight excluding hydrogens is 321 g/mol. The van der Waals surface area contributed by atoms with Gasteiger partial charge in [0.15, 0.2) is 11.6 Å². The maximum atomic E-state index is 13.8. The Kier molecular flexibility index (Phi) is 3.78. The highest BCUT2D eigenvalue weighted by Crippen LogP contribution is 2.27. The lowest BCUT2D eigenvalue weighted by Gasteiger charge is -2.08. The lowest BCUT2D eigenvalue weighted by Crippen LogP contribution is -2.19. The molecule has 0 fully saturated rings. The largest absolute Gasteiger partial charge is 0.497 e. The summed E-state index contributed by atoms with van der Waals surface area (Å²) in [6.45, 7) is 0. The van der Waals surface area contributed by atoms with Crippen molar-refractivity contribution in [3.05, 3.63) is 83.6 Å². The predicted molar refractivity (Wildman–Crippen MR) is 93.1 cm³/mol. The number of benzene rings is 2. The number of hydrogen-bond donors (Lipinski definition) is 1. The standard InChI is InChI=1S/C19H14FN3O2/c1-24-14-7-4-12(5-8-14)18-15-11-13(20)6-9-16(15)21-19(23-22-18)17-3-2-10-25-17/h2-11H,1H3,(H,21,23). The quantitative estimate of drug-likeness (QED) is 0.791. The molecule has 1 aromatic heterocycles. The molecule has 2 heterocycles. The number of ether oxygens (including phenoxy) is 1. The van der Waals surface area contributed by atoms with Gasteiger partial charge in [0.2, 0.25) is 0 Å². The van der Waals surface area contributed by atoms with Crippen molar-refractivity contribution in [2.45, 2.75) is 0 Å². The van der Waals surface area contributed by atoms with Crippen molar-refractivity contribution in [2.75, 3.05) is 7.11 Å². The molecule has 2 aromatic carbocycles. The van der Waals surface area contributed by atoms with Crippen molar-refractivity contribution >= 4 is 17.2 Å². The Hall–Kier alpha value is -3.41. The lowest BCUT2D eigenvalue weighted by atomic mass is 10.0. The summed E-state index contributed by atoms with van der Waals surface area (Å²) in [5.41, 5.74) is 5.52. The molecule has 6 heteroatoms. The summed E-state index contributed by atoms with van der Waals surface area (Å²) < 4.78 is 24.4. The van der Waals surface area contributed by atoms with Crippen LogP contribution in [0.5, 0.6) is 5.75 Å². The van der Waals surface area contributed by atoms with Crippen LogP contribution >= 0.6 is 0 Å². The molecule has 5 nitrogen and oxygen atoms in total. The highest BCUT2D eigenvalue weighted by molar-refractivity contribution is 6.17. The summed E-state index contributed by atoms with van der Waals surface area (Å²) >= 11 is 0. The number of hydrazone groups is 1. The van der Waals surface area contributed by atoms with Gasteiger partial charge in [0.1, 0.15) is 17.3 Å². The van der Waals surface area contributed by atoms with Crippen molar-refractivity contribution in [3.8, 4) is 5.75 Å². The minimum Gasteiger partial charge on any atom is -0.497 e. The molecule has 4 rings (SSSR count). The highest BCUT2D eigenvalue weighted by Gasteiger charge is 2.19. The van der Waals surface area contributed by atoms with E-state index < -0.39 is 0 Å². The van der Waals surface area contributed by atoms with Crippen LogP contribution in [0, 0.1) is 5.82 Å². The Labute approximate surface area is 143 Å². The molecule has 124 valence electrons. The van der Waals surface area contributed by atoms with Gasteiger partial charge < -0.3 is 9.15 Å². The van der Waals surface area contributed by atoms with Gasteiger partial charge in [-0.05, 0) is 54.6 Å². The molecule has 25 heavy (non-hydrogen) atoms. The summed E-state index contributed by atoms with van der Waals surface area (Å²) in [5.74, 6) is 1.39. The zero-order valence-electron chi connectivity index (χ0n) is 13.4. The van der Waals surface area contributed by atoms with Crippen LogP contribution in [-0.4, -0.2) is 18.7 Å². The molecule has 0 unspecified atom stereocenters. The molecule has 0 bridgehead atoms. The molecule has 0 saturated carbocycles. The number of nitrogens with zero attached hydrogens (tertiary/aromatic N) is 2. The van der Waals surface area contributed by atoms with Gasteiger partial charge in [-0.15, -0.1) is 0 Å². The minimum atomic E-state index is -0.350. The fraction of sp³-hybridized carbons (Fsp3) is 0.0526. The van der Waals surface area contributed by atoms with Gasteiger partial charge in [0.25, 0.3) is 0 Å². The van der Waals surface area contributed by atoms with Crippen molar-refractivity contribution in [2.24, 2.45) is 10.1 Å². The average molecular weight is 335 g/mol. The third kappa shape index (κ3) is 2.89. The summed E-state index contributed by atoms with van der Waals surface area (Å²) in [4.78, 5) is 4.54. The van der Waals surface area contributed by atoms with Gasteiger partial charge in [-0.1, -0.05) is 0 Å². The van der Waals surface area contributed by atoms with E-state index in [0.29, 0.717) is 28.6 Å². The topological polar surface area (TPSA) is 59.1 Å². The van der Waals surface area contributed by atoms with E-state index in [9.17, 15) is 4.39 Å². The number of rotatable bonds is 3. The summed E-state index contributed by atoms with van der Waals surface area (Å²) in [5, 5.41) is 4.44. The fourth-order valence-corrected chi connectivity index (χ4v) is 2.60. The number of halogens is 1. The predicted octanol–water partition coefficient (Wildman–Crippen LogP) is 3.86. The minimum absolute atomic E-state index is 0.350. The van der Waals surface area contributed by atoms with Crippen molar-refractivity contribution < 1.29 is 13.5 Å². The maximum absolute atomic E-state index is 13.8. The molecular formula is C19H14FN3O2. The molecule has 0 radical (unpaired) electrons. The van der Waals surface area contributed by atoms with E-state index in [4.69, 9.17) is 9.15 Å². The van der Waals surface area contributed by atoms with E-state index in [1.165, 1.54) is 12.1 Å². The number of amidine groups is 1. The number of hydrogen-bond acceptors (Lipinski definition) is 5. The molecule has 0 atom stereocenters. The van der Waals surface area contributed by atoms with E-state index >= 15 is 0 Å².